The molecule has 1 unspecified atom stereocenters. The zero-order valence-electron chi connectivity index (χ0n) is 13.0. The third-order valence-electron chi connectivity index (χ3n) is 3.85. The zero-order valence-corrected chi connectivity index (χ0v) is 13.0. The normalized spacial score (nSPS) is 16.9. The van der Waals surface area contributed by atoms with Gasteiger partial charge >= 0.3 is 6.09 Å². The fraction of sp³-hybridized carbons (Fsp3) is 0.500. The lowest BCUT2D eigenvalue weighted by Crippen LogP contribution is -2.47. The molecule has 1 aromatic carbocycles. The first-order chi connectivity index (χ1) is 10.7. The van der Waals surface area contributed by atoms with E-state index in [1.807, 2.05) is 30.3 Å². The van der Waals surface area contributed by atoms with E-state index in [1.165, 1.54) is 14.2 Å². The first-order valence-electron chi connectivity index (χ1n) is 7.36. The predicted octanol–water partition coefficient (Wildman–Crippen LogP) is 1.72. The monoisotopic (exact) mass is 306 g/mol. The number of hydrogen-bond acceptors (Lipinski definition) is 4. The number of rotatable bonds is 4. The van der Waals surface area contributed by atoms with E-state index >= 15 is 0 Å². The van der Waals surface area contributed by atoms with Crippen molar-refractivity contribution in [3.8, 4) is 0 Å². The summed E-state index contributed by atoms with van der Waals surface area (Å²) in [5.74, 6) is -0.148. The SMILES string of the molecule is COC(=O)N1CCC(NC(=O)C(OC)c2ccccc2)CC1. The summed E-state index contributed by atoms with van der Waals surface area (Å²) in [5, 5.41) is 3.00. The van der Waals surface area contributed by atoms with Crippen molar-refractivity contribution in [1.29, 1.82) is 0 Å². The van der Waals surface area contributed by atoms with Gasteiger partial charge in [-0.05, 0) is 18.4 Å². The number of carbonyl (C=O) groups is 2. The molecule has 1 aliphatic rings. The zero-order chi connectivity index (χ0) is 15.9. The minimum atomic E-state index is -0.611. The molecule has 1 N–H and O–H groups in total. The van der Waals surface area contributed by atoms with Crippen molar-refractivity contribution in [2.45, 2.75) is 25.0 Å². The van der Waals surface area contributed by atoms with Crippen LogP contribution in [0.15, 0.2) is 30.3 Å². The van der Waals surface area contributed by atoms with E-state index in [-0.39, 0.29) is 18.0 Å². The topological polar surface area (TPSA) is 67.9 Å². The molecule has 1 heterocycles. The molecule has 6 nitrogen and oxygen atoms in total. The lowest BCUT2D eigenvalue weighted by atomic mass is 10.0. The second-order valence-corrected chi connectivity index (χ2v) is 5.27. The van der Waals surface area contributed by atoms with Crippen LogP contribution >= 0.6 is 0 Å². The van der Waals surface area contributed by atoms with Crippen LogP contribution in [-0.2, 0) is 14.3 Å². The molecule has 0 spiro atoms. The van der Waals surface area contributed by atoms with Crippen molar-refractivity contribution < 1.29 is 19.1 Å². The molecule has 0 aromatic heterocycles. The Morgan fingerprint density at radius 3 is 2.36 bits per heavy atom. The molecule has 0 bridgehead atoms. The maximum atomic E-state index is 12.4. The largest absolute Gasteiger partial charge is 0.453 e. The number of methoxy groups -OCH3 is 2. The number of nitrogens with zero attached hydrogens (tertiary/aromatic N) is 1. The Kier molecular flexibility index (Phi) is 5.77. The van der Waals surface area contributed by atoms with Gasteiger partial charge in [0.25, 0.3) is 5.91 Å². The van der Waals surface area contributed by atoms with E-state index in [1.54, 1.807) is 4.90 Å². The Labute approximate surface area is 130 Å². The molecule has 1 aromatic rings. The molecular formula is C16H22N2O4. The number of likely N-dealkylation sites (tertiary alicyclic amines) is 1. The number of benzene rings is 1. The molecule has 120 valence electrons. The number of nitrogens with one attached hydrogen (secondary N) is 1. The van der Waals surface area contributed by atoms with E-state index in [4.69, 9.17) is 9.47 Å². The highest BCUT2D eigenvalue weighted by Crippen LogP contribution is 2.18. The average molecular weight is 306 g/mol. The Hall–Kier alpha value is -2.08. The van der Waals surface area contributed by atoms with Crippen molar-refractivity contribution in [2.75, 3.05) is 27.3 Å². The molecule has 1 saturated heterocycles. The van der Waals surface area contributed by atoms with Gasteiger partial charge in [-0.2, -0.15) is 0 Å². The summed E-state index contributed by atoms with van der Waals surface area (Å²) in [4.78, 5) is 25.5. The van der Waals surface area contributed by atoms with Crippen molar-refractivity contribution >= 4 is 12.0 Å². The highest BCUT2D eigenvalue weighted by Gasteiger charge is 2.27. The quantitative estimate of drug-likeness (QED) is 0.920. The van der Waals surface area contributed by atoms with Gasteiger partial charge in [0.05, 0.1) is 7.11 Å². The molecule has 1 aliphatic heterocycles. The summed E-state index contributed by atoms with van der Waals surface area (Å²) in [6.45, 7) is 1.17. The molecule has 22 heavy (non-hydrogen) atoms. The Balaban J connectivity index is 1.88. The third-order valence-corrected chi connectivity index (χ3v) is 3.85. The number of carbonyl (C=O) groups excluding carboxylic acids is 2. The van der Waals surface area contributed by atoms with Crippen LogP contribution in [0, 0.1) is 0 Å². The van der Waals surface area contributed by atoms with Crippen LogP contribution < -0.4 is 5.32 Å². The lowest BCUT2D eigenvalue weighted by molar-refractivity contribution is -0.132. The lowest BCUT2D eigenvalue weighted by Gasteiger charge is -2.32. The third kappa shape index (κ3) is 3.98. The van der Waals surface area contributed by atoms with E-state index in [2.05, 4.69) is 5.32 Å². The Morgan fingerprint density at radius 1 is 1.18 bits per heavy atom. The predicted molar refractivity (Wildman–Crippen MR) is 81.3 cm³/mol. The molecular weight excluding hydrogens is 284 g/mol. The number of ether oxygens (including phenoxy) is 2. The molecule has 2 amide bonds. The molecule has 1 atom stereocenters. The Morgan fingerprint density at radius 2 is 1.82 bits per heavy atom. The van der Waals surface area contributed by atoms with Crippen LogP contribution in [0.25, 0.3) is 0 Å². The van der Waals surface area contributed by atoms with Crippen LogP contribution in [0.2, 0.25) is 0 Å². The second kappa shape index (κ2) is 7.79. The van der Waals surface area contributed by atoms with Crippen molar-refractivity contribution in [3.63, 3.8) is 0 Å². The second-order valence-electron chi connectivity index (χ2n) is 5.27. The highest BCUT2D eigenvalue weighted by atomic mass is 16.5. The first-order valence-corrected chi connectivity index (χ1v) is 7.36. The van der Waals surface area contributed by atoms with Gasteiger partial charge in [-0.25, -0.2) is 4.79 Å². The summed E-state index contributed by atoms with van der Waals surface area (Å²) in [5.41, 5.74) is 0.828. The molecule has 0 saturated carbocycles. The Bertz CT molecular complexity index is 498. The number of amides is 2. The standard InChI is InChI=1S/C16H22N2O4/c1-21-14(12-6-4-3-5-7-12)15(19)17-13-8-10-18(11-9-13)16(20)22-2/h3-7,13-14H,8-11H2,1-2H3,(H,17,19). The van der Waals surface area contributed by atoms with E-state index in [9.17, 15) is 9.59 Å². The number of hydrogen-bond donors (Lipinski definition) is 1. The van der Waals surface area contributed by atoms with E-state index in [0.29, 0.717) is 25.9 Å². The van der Waals surface area contributed by atoms with Crippen LogP contribution in [0.3, 0.4) is 0 Å². The maximum absolute atomic E-state index is 12.4. The molecule has 6 heteroatoms. The minimum Gasteiger partial charge on any atom is -0.453 e. The van der Waals surface area contributed by atoms with Crippen LogP contribution in [0.1, 0.15) is 24.5 Å². The fourth-order valence-corrected chi connectivity index (χ4v) is 2.63. The van der Waals surface area contributed by atoms with Crippen LogP contribution in [0.5, 0.6) is 0 Å². The van der Waals surface area contributed by atoms with E-state index < -0.39 is 6.10 Å². The van der Waals surface area contributed by atoms with Gasteiger partial charge in [0.15, 0.2) is 6.10 Å². The van der Waals surface area contributed by atoms with Gasteiger partial charge in [0, 0.05) is 26.2 Å². The van der Waals surface area contributed by atoms with Gasteiger partial charge in [-0.15, -0.1) is 0 Å². The molecule has 1 fully saturated rings. The summed E-state index contributed by atoms with van der Waals surface area (Å²) >= 11 is 0. The van der Waals surface area contributed by atoms with Gasteiger partial charge in [0.2, 0.25) is 0 Å². The van der Waals surface area contributed by atoms with Gasteiger partial charge in [0.1, 0.15) is 0 Å². The smallest absolute Gasteiger partial charge is 0.409 e. The summed E-state index contributed by atoms with van der Waals surface area (Å²) in [7, 11) is 2.90. The van der Waals surface area contributed by atoms with Crippen molar-refractivity contribution in [1.82, 2.24) is 10.2 Å². The molecule has 0 aliphatic carbocycles. The summed E-state index contributed by atoms with van der Waals surface area (Å²) < 4.78 is 10.0. The fourth-order valence-electron chi connectivity index (χ4n) is 2.63. The molecule has 2 rings (SSSR count). The maximum Gasteiger partial charge on any atom is 0.409 e. The van der Waals surface area contributed by atoms with Gasteiger partial charge in [-0.1, -0.05) is 30.3 Å². The van der Waals surface area contributed by atoms with Crippen molar-refractivity contribution in [2.24, 2.45) is 0 Å². The highest BCUT2D eigenvalue weighted by molar-refractivity contribution is 5.82. The molecule has 0 radical (unpaired) electrons. The average Bonchev–Trinajstić information content (AvgIpc) is 2.56. The van der Waals surface area contributed by atoms with Gasteiger partial charge < -0.3 is 19.7 Å². The van der Waals surface area contributed by atoms with Crippen molar-refractivity contribution in [3.05, 3.63) is 35.9 Å². The van der Waals surface area contributed by atoms with Crippen LogP contribution in [-0.4, -0.2) is 50.3 Å². The summed E-state index contributed by atoms with van der Waals surface area (Å²) in [6, 6.07) is 9.44. The van der Waals surface area contributed by atoms with E-state index in [0.717, 1.165) is 5.56 Å². The minimum absolute atomic E-state index is 0.0507. The number of piperidine rings is 1. The first kappa shape index (κ1) is 16.3. The van der Waals surface area contributed by atoms with Gasteiger partial charge in [-0.3, -0.25) is 4.79 Å². The van der Waals surface area contributed by atoms with Crippen LogP contribution in [0.4, 0.5) is 4.79 Å². The summed E-state index contributed by atoms with van der Waals surface area (Å²) in [6.07, 6.45) is 0.502.